The molecule has 18 heavy (non-hydrogen) atoms. The number of aryl methyl sites for hydroxylation is 1. The summed E-state index contributed by atoms with van der Waals surface area (Å²) in [7, 11) is 1.35. The van der Waals surface area contributed by atoms with E-state index in [9.17, 15) is 4.79 Å². The molecule has 2 rings (SSSR count). The summed E-state index contributed by atoms with van der Waals surface area (Å²) in [6, 6.07) is -0.566. The summed E-state index contributed by atoms with van der Waals surface area (Å²) in [5.74, 6) is 2.96. The van der Waals surface area contributed by atoms with Crippen LogP contribution >= 0.6 is 11.8 Å². The predicted molar refractivity (Wildman–Crippen MR) is 69.1 cm³/mol. The lowest BCUT2D eigenvalue weighted by Gasteiger charge is -2.14. The van der Waals surface area contributed by atoms with E-state index in [4.69, 9.17) is 5.73 Å². The van der Waals surface area contributed by atoms with Gasteiger partial charge in [-0.15, -0.1) is 10.2 Å². The van der Waals surface area contributed by atoms with E-state index >= 15 is 0 Å². The van der Waals surface area contributed by atoms with Gasteiger partial charge in [-0.3, -0.25) is 4.79 Å². The van der Waals surface area contributed by atoms with E-state index in [0.29, 0.717) is 5.75 Å². The molecule has 0 bridgehead atoms. The number of ether oxygens (including phenoxy) is 1. The van der Waals surface area contributed by atoms with E-state index in [1.165, 1.54) is 20.0 Å². The molecule has 2 N–H and O–H groups in total. The van der Waals surface area contributed by atoms with Gasteiger partial charge in [0, 0.05) is 18.7 Å². The minimum Gasteiger partial charge on any atom is -0.468 e. The van der Waals surface area contributed by atoms with Crippen molar-refractivity contribution in [1.29, 1.82) is 0 Å². The van der Waals surface area contributed by atoms with Crippen molar-refractivity contribution in [2.45, 2.75) is 37.6 Å². The van der Waals surface area contributed by atoms with E-state index in [1.807, 2.05) is 0 Å². The Hall–Kier alpha value is -1.08. The van der Waals surface area contributed by atoms with E-state index < -0.39 is 6.04 Å². The van der Waals surface area contributed by atoms with Crippen LogP contribution in [0.15, 0.2) is 0 Å². The van der Waals surface area contributed by atoms with Gasteiger partial charge in [-0.2, -0.15) is 11.8 Å². The zero-order valence-corrected chi connectivity index (χ0v) is 11.3. The van der Waals surface area contributed by atoms with Gasteiger partial charge in [0.25, 0.3) is 0 Å². The summed E-state index contributed by atoms with van der Waals surface area (Å²) in [5, 5.41) is 8.38. The second-order valence-corrected chi connectivity index (χ2v) is 5.32. The fourth-order valence-corrected chi connectivity index (χ4v) is 2.88. The molecule has 2 heterocycles. The second kappa shape index (κ2) is 6.19. The molecule has 0 fully saturated rings. The first-order valence-corrected chi connectivity index (χ1v) is 7.20. The van der Waals surface area contributed by atoms with Crippen molar-refractivity contribution in [3.63, 3.8) is 0 Å². The van der Waals surface area contributed by atoms with Crippen molar-refractivity contribution in [3.8, 4) is 0 Å². The molecule has 1 aromatic rings. The molecule has 1 aliphatic heterocycles. The first kappa shape index (κ1) is 13.4. The van der Waals surface area contributed by atoms with Gasteiger partial charge >= 0.3 is 5.97 Å². The van der Waals surface area contributed by atoms with Gasteiger partial charge in [-0.25, -0.2) is 0 Å². The Balaban J connectivity index is 1.83. The summed E-state index contributed by atoms with van der Waals surface area (Å²) in [5.41, 5.74) is 5.67. The SMILES string of the molecule is COC(=O)C(N)CSCc1nnc2n1CCCC2. The normalized spacial score (nSPS) is 16.1. The number of rotatable bonds is 5. The van der Waals surface area contributed by atoms with Gasteiger partial charge in [-0.05, 0) is 12.8 Å². The third kappa shape index (κ3) is 3.02. The van der Waals surface area contributed by atoms with Crippen molar-refractivity contribution in [3.05, 3.63) is 11.6 Å². The largest absolute Gasteiger partial charge is 0.468 e. The number of carbonyl (C=O) groups excluding carboxylic acids is 1. The fraction of sp³-hybridized carbons (Fsp3) is 0.727. The molecular weight excluding hydrogens is 252 g/mol. The molecule has 1 atom stereocenters. The van der Waals surface area contributed by atoms with Crippen LogP contribution in [0.2, 0.25) is 0 Å². The molecule has 0 aliphatic carbocycles. The Labute approximate surface area is 110 Å². The summed E-state index contributed by atoms with van der Waals surface area (Å²) in [4.78, 5) is 11.1. The Bertz CT molecular complexity index is 421. The molecule has 7 heteroatoms. The highest BCUT2D eigenvalue weighted by atomic mass is 32.2. The maximum atomic E-state index is 11.1. The van der Waals surface area contributed by atoms with Crippen LogP contribution in [-0.4, -0.2) is 39.6 Å². The number of esters is 1. The zero-order chi connectivity index (χ0) is 13.0. The van der Waals surface area contributed by atoms with Gasteiger partial charge in [0.2, 0.25) is 0 Å². The van der Waals surface area contributed by atoms with Crippen LogP contribution < -0.4 is 5.73 Å². The third-order valence-corrected chi connectivity index (χ3v) is 4.03. The van der Waals surface area contributed by atoms with Gasteiger partial charge in [-0.1, -0.05) is 0 Å². The molecule has 0 aromatic carbocycles. The maximum Gasteiger partial charge on any atom is 0.323 e. The van der Waals surface area contributed by atoms with Crippen molar-refractivity contribution < 1.29 is 9.53 Å². The van der Waals surface area contributed by atoms with E-state index in [0.717, 1.165) is 30.4 Å². The lowest BCUT2D eigenvalue weighted by atomic mass is 10.2. The van der Waals surface area contributed by atoms with Crippen LogP contribution in [0.1, 0.15) is 24.5 Å². The van der Waals surface area contributed by atoms with E-state index in [1.54, 1.807) is 11.8 Å². The minimum absolute atomic E-state index is 0.370. The van der Waals surface area contributed by atoms with Crippen LogP contribution in [0.3, 0.4) is 0 Å². The molecule has 1 aromatic heterocycles. The summed E-state index contributed by atoms with van der Waals surface area (Å²) >= 11 is 1.59. The second-order valence-electron chi connectivity index (χ2n) is 4.29. The average Bonchev–Trinajstić information content (AvgIpc) is 2.81. The van der Waals surface area contributed by atoms with Gasteiger partial charge in [0.15, 0.2) is 0 Å². The summed E-state index contributed by atoms with van der Waals surface area (Å²) in [6.07, 6.45) is 3.39. The molecular formula is C11H18N4O2S. The van der Waals surface area contributed by atoms with E-state index in [2.05, 4.69) is 19.5 Å². The van der Waals surface area contributed by atoms with Crippen LogP contribution in [0.4, 0.5) is 0 Å². The molecule has 0 spiro atoms. The van der Waals surface area contributed by atoms with Crippen molar-refractivity contribution in [2.75, 3.05) is 12.9 Å². The first-order valence-electron chi connectivity index (χ1n) is 6.04. The molecule has 0 amide bonds. The highest BCUT2D eigenvalue weighted by molar-refractivity contribution is 7.98. The number of methoxy groups -OCH3 is 1. The number of hydrogen-bond donors (Lipinski definition) is 1. The number of fused-ring (bicyclic) bond motifs is 1. The highest BCUT2D eigenvalue weighted by Crippen LogP contribution is 2.18. The van der Waals surface area contributed by atoms with Crippen LogP contribution in [0.25, 0.3) is 0 Å². The molecule has 0 radical (unpaired) electrons. The number of aromatic nitrogens is 3. The monoisotopic (exact) mass is 270 g/mol. The lowest BCUT2D eigenvalue weighted by Crippen LogP contribution is -2.33. The molecule has 6 nitrogen and oxygen atoms in total. The van der Waals surface area contributed by atoms with Crippen molar-refractivity contribution in [2.24, 2.45) is 5.73 Å². The van der Waals surface area contributed by atoms with Gasteiger partial charge in [0.1, 0.15) is 17.7 Å². The highest BCUT2D eigenvalue weighted by Gasteiger charge is 2.17. The van der Waals surface area contributed by atoms with Crippen molar-refractivity contribution in [1.82, 2.24) is 14.8 Å². The molecule has 1 aliphatic rings. The zero-order valence-electron chi connectivity index (χ0n) is 10.5. The van der Waals surface area contributed by atoms with Crippen LogP contribution in [0, 0.1) is 0 Å². The molecule has 0 saturated heterocycles. The fourth-order valence-electron chi connectivity index (χ4n) is 1.97. The Morgan fingerprint density at radius 1 is 1.56 bits per heavy atom. The van der Waals surface area contributed by atoms with Gasteiger partial charge in [0.05, 0.1) is 12.9 Å². The van der Waals surface area contributed by atoms with Crippen LogP contribution in [0.5, 0.6) is 0 Å². The lowest BCUT2D eigenvalue weighted by molar-refractivity contribution is -0.141. The molecule has 0 saturated carbocycles. The minimum atomic E-state index is -0.566. The Kier molecular flexibility index (Phi) is 4.60. The van der Waals surface area contributed by atoms with Crippen molar-refractivity contribution >= 4 is 17.7 Å². The maximum absolute atomic E-state index is 11.1. The quantitative estimate of drug-likeness (QED) is 0.777. The first-order chi connectivity index (χ1) is 8.72. The van der Waals surface area contributed by atoms with E-state index in [-0.39, 0.29) is 5.97 Å². The van der Waals surface area contributed by atoms with Crippen LogP contribution in [-0.2, 0) is 28.2 Å². The predicted octanol–water partition coefficient (Wildman–Crippen LogP) is 0.348. The molecule has 1 unspecified atom stereocenters. The number of nitrogens with zero attached hydrogens (tertiary/aromatic N) is 3. The summed E-state index contributed by atoms with van der Waals surface area (Å²) < 4.78 is 6.76. The smallest absolute Gasteiger partial charge is 0.323 e. The molecule has 100 valence electrons. The third-order valence-electron chi connectivity index (χ3n) is 2.97. The number of nitrogens with two attached hydrogens (primary N) is 1. The Morgan fingerprint density at radius 3 is 3.17 bits per heavy atom. The standard InChI is InChI=1S/C11H18N4O2S/c1-17-11(16)8(12)6-18-7-10-14-13-9-4-2-3-5-15(9)10/h8H,2-7,12H2,1H3. The topological polar surface area (TPSA) is 83.0 Å². The Morgan fingerprint density at radius 2 is 2.39 bits per heavy atom. The number of carbonyl (C=O) groups is 1. The average molecular weight is 270 g/mol. The number of thioether (sulfide) groups is 1. The summed E-state index contributed by atoms with van der Waals surface area (Å²) in [6.45, 7) is 1.00. The number of hydrogen-bond acceptors (Lipinski definition) is 6. The van der Waals surface area contributed by atoms with Gasteiger partial charge < -0.3 is 15.0 Å².